The summed E-state index contributed by atoms with van der Waals surface area (Å²) in [5.41, 5.74) is 2.71. The first-order valence-electron chi connectivity index (χ1n) is 6.82. The number of anilines is 1. The molecule has 0 saturated heterocycles. The molecule has 0 fully saturated rings. The number of benzene rings is 1. The van der Waals surface area contributed by atoms with Gasteiger partial charge in [-0.25, -0.2) is 9.37 Å². The van der Waals surface area contributed by atoms with E-state index < -0.39 is 0 Å². The van der Waals surface area contributed by atoms with Gasteiger partial charge in [-0.05, 0) is 24.3 Å². The minimum absolute atomic E-state index is 0.0637. The highest BCUT2D eigenvalue weighted by molar-refractivity contribution is 7.13. The molecule has 22 heavy (non-hydrogen) atoms. The molecule has 2 N–H and O–H groups in total. The first kappa shape index (κ1) is 14.7. The van der Waals surface area contributed by atoms with Crippen molar-refractivity contribution in [1.82, 2.24) is 14.8 Å². The third-order valence-electron chi connectivity index (χ3n) is 3.08. The van der Waals surface area contributed by atoms with E-state index >= 15 is 0 Å². The number of hydrogen-bond donors (Lipinski definition) is 2. The van der Waals surface area contributed by atoms with Crippen molar-refractivity contribution in [3.05, 3.63) is 53.6 Å². The Balaban J connectivity index is 1.62. The Labute approximate surface area is 131 Å². The average Bonchev–Trinajstić information content (AvgIpc) is 3.16. The number of rotatable bonds is 6. The molecule has 114 valence electrons. The number of halogens is 1. The third-order valence-corrected chi connectivity index (χ3v) is 4.02. The molecule has 7 heteroatoms. The van der Waals surface area contributed by atoms with Gasteiger partial charge >= 0.3 is 0 Å². The van der Waals surface area contributed by atoms with Crippen LogP contribution in [0.3, 0.4) is 0 Å². The van der Waals surface area contributed by atoms with Gasteiger partial charge in [-0.2, -0.15) is 5.10 Å². The molecular weight excluding hydrogens is 303 g/mol. The molecule has 0 bridgehead atoms. The summed E-state index contributed by atoms with van der Waals surface area (Å²) in [5, 5.41) is 19.0. The van der Waals surface area contributed by atoms with Crippen LogP contribution < -0.4 is 5.32 Å². The van der Waals surface area contributed by atoms with Crippen molar-refractivity contribution in [1.29, 1.82) is 0 Å². The summed E-state index contributed by atoms with van der Waals surface area (Å²) in [6.45, 7) is 1.13. The zero-order valence-electron chi connectivity index (χ0n) is 11.7. The summed E-state index contributed by atoms with van der Waals surface area (Å²) in [4.78, 5) is 4.53. The van der Waals surface area contributed by atoms with Gasteiger partial charge < -0.3 is 10.4 Å². The average molecular weight is 318 g/mol. The lowest BCUT2D eigenvalue weighted by Gasteiger charge is -2.00. The van der Waals surface area contributed by atoms with Crippen LogP contribution in [0.1, 0.15) is 5.69 Å². The Morgan fingerprint density at radius 3 is 2.86 bits per heavy atom. The topological polar surface area (TPSA) is 63.0 Å². The zero-order chi connectivity index (χ0) is 15.4. The van der Waals surface area contributed by atoms with Gasteiger partial charge in [0, 0.05) is 17.1 Å². The molecule has 0 saturated carbocycles. The maximum atomic E-state index is 12.9. The van der Waals surface area contributed by atoms with Gasteiger partial charge in [-0.3, -0.25) is 4.68 Å². The smallest absolute Gasteiger partial charge is 0.123 e. The van der Waals surface area contributed by atoms with Crippen LogP contribution in [0.4, 0.5) is 10.1 Å². The molecule has 2 aromatic heterocycles. The van der Waals surface area contributed by atoms with Crippen LogP contribution in [0.25, 0.3) is 10.6 Å². The molecule has 3 aromatic rings. The summed E-state index contributed by atoms with van der Waals surface area (Å²) < 4.78 is 14.6. The molecule has 0 unspecified atom stereocenters. The fraction of sp³-hybridized carbons (Fsp3) is 0.200. The van der Waals surface area contributed by atoms with Crippen molar-refractivity contribution in [3.63, 3.8) is 0 Å². The summed E-state index contributed by atoms with van der Waals surface area (Å²) in [7, 11) is 0. The molecular formula is C15H15FN4OS. The van der Waals surface area contributed by atoms with Gasteiger partial charge in [0.25, 0.3) is 0 Å². The van der Waals surface area contributed by atoms with Gasteiger partial charge in [-0.1, -0.05) is 0 Å². The summed E-state index contributed by atoms with van der Waals surface area (Å²) in [6, 6.07) is 6.32. The highest BCUT2D eigenvalue weighted by Gasteiger charge is 2.05. The van der Waals surface area contributed by atoms with Gasteiger partial charge in [-0.15, -0.1) is 11.3 Å². The maximum absolute atomic E-state index is 12.9. The summed E-state index contributed by atoms with van der Waals surface area (Å²) in [5.74, 6) is -0.248. The highest BCUT2D eigenvalue weighted by atomic mass is 32.1. The minimum Gasteiger partial charge on any atom is -0.394 e. The Morgan fingerprint density at radius 2 is 2.09 bits per heavy atom. The van der Waals surface area contributed by atoms with E-state index in [9.17, 15) is 4.39 Å². The molecule has 0 spiro atoms. The van der Waals surface area contributed by atoms with Crippen molar-refractivity contribution >= 4 is 17.0 Å². The predicted molar refractivity (Wildman–Crippen MR) is 84.1 cm³/mol. The fourth-order valence-electron chi connectivity index (χ4n) is 1.99. The summed E-state index contributed by atoms with van der Waals surface area (Å²) >= 11 is 1.53. The van der Waals surface area contributed by atoms with Gasteiger partial charge in [0.15, 0.2) is 0 Å². The van der Waals surface area contributed by atoms with Crippen LogP contribution in [0.2, 0.25) is 0 Å². The first-order chi connectivity index (χ1) is 10.7. The van der Waals surface area contributed by atoms with Crippen LogP contribution >= 0.6 is 11.3 Å². The van der Waals surface area contributed by atoms with Crippen molar-refractivity contribution in [3.8, 4) is 10.6 Å². The number of aliphatic hydroxyl groups excluding tert-OH is 1. The molecule has 2 heterocycles. The van der Waals surface area contributed by atoms with Crippen molar-refractivity contribution < 1.29 is 9.50 Å². The molecule has 0 amide bonds. The second-order valence-electron chi connectivity index (χ2n) is 4.72. The van der Waals surface area contributed by atoms with E-state index in [0.29, 0.717) is 13.1 Å². The Morgan fingerprint density at radius 1 is 1.27 bits per heavy atom. The lowest BCUT2D eigenvalue weighted by Crippen LogP contribution is -2.02. The standard InChI is InChI=1S/C15H15FN4OS/c16-12-3-1-11(2-4-12)15-19-14(10-22-15)7-17-13-8-18-20(9-13)5-6-21/h1-4,8-10,17,21H,5-7H2. The SMILES string of the molecule is OCCn1cc(NCc2csc(-c3ccc(F)cc3)n2)cn1. The lowest BCUT2D eigenvalue weighted by atomic mass is 10.2. The molecule has 0 aliphatic rings. The highest BCUT2D eigenvalue weighted by Crippen LogP contribution is 2.24. The molecule has 0 radical (unpaired) electrons. The van der Waals surface area contributed by atoms with E-state index in [1.54, 1.807) is 23.0 Å². The Bertz CT molecular complexity index is 738. The normalized spacial score (nSPS) is 10.8. The van der Waals surface area contributed by atoms with Gasteiger partial charge in [0.2, 0.25) is 0 Å². The van der Waals surface area contributed by atoms with Crippen molar-refractivity contribution in [2.75, 3.05) is 11.9 Å². The first-order valence-corrected chi connectivity index (χ1v) is 7.70. The van der Waals surface area contributed by atoms with Gasteiger partial charge in [0.1, 0.15) is 10.8 Å². The van der Waals surface area contributed by atoms with E-state index in [4.69, 9.17) is 5.11 Å². The van der Waals surface area contributed by atoms with Crippen LogP contribution in [-0.2, 0) is 13.1 Å². The molecule has 0 atom stereocenters. The number of aliphatic hydroxyl groups is 1. The Hall–Kier alpha value is -2.25. The number of aromatic nitrogens is 3. The second kappa shape index (κ2) is 6.67. The van der Waals surface area contributed by atoms with Gasteiger partial charge in [0.05, 0.1) is 37.3 Å². The van der Waals surface area contributed by atoms with Crippen molar-refractivity contribution in [2.45, 2.75) is 13.1 Å². The van der Waals surface area contributed by atoms with Crippen LogP contribution in [0, 0.1) is 5.82 Å². The zero-order valence-corrected chi connectivity index (χ0v) is 12.6. The quantitative estimate of drug-likeness (QED) is 0.733. The largest absolute Gasteiger partial charge is 0.394 e. The predicted octanol–water partition coefficient (Wildman–Crippen LogP) is 2.75. The Kier molecular flexibility index (Phi) is 4.45. The molecule has 0 aliphatic heterocycles. The van der Waals surface area contributed by atoms with Crippen LogP contribution in [0.5, 0.6) is 0 Å². The van der Waals surface area contributed by atoms with E-state index in [1.807, 2.05) is 11.6 Å². The molecule has 1 aromatic carbocycles. The van der Waals surface area contributed by atoms with Crippen LogP contribution in [-0.4, -0.2) is 26.5 Å². The second-order valence-corrected chi connectivity index (χ2v) is 5.58. The molecule has 5 nitrogen and oxygen atoms in total. The summed E-state index contributed by atoms with van der Waals surface area (Å²) in [6.07, 6.45) is 3.55. The molecule has 3 rings (SSSR count). The number of thiazole rings is 1. The van der Waals surface area contributed by atoms with Crippen molar-refractivity contribution in [2.24, 2.45) is 0 Å². The monoisotopic (exact) mass is 318 g/mol. The lowest BCUT2D eigenvalue weighted by molar-refractivity contribution is 0.269. The number of hydrogen-bond acceptors (Lipinski definition) is 5. The van der Waals surface area contributed by atoms with E-state index in [0.717, 1.165) is 22.0 Å². The van der Waals surface area contributed by atoms with E-state index in [-0.39, 0.29) is 12.4 Å². The fourth-order valence-corrected chi connectivity index (χ4v) is 2.81. The minimum atomic E-state index is -0.248. The van der Waals surface area contributed by atoms with Crippen LogP contribution in [0.15, 0.2) is 42.0 Å². The number of nitrogens with zero attached hydrogens (tertiary/aromatic N) is 3. The van der Waals surface area contributed by atoms with E-state index in [2.05, 4.69) is 15.4 Å². The van der Waals surface area contributed by atoms with E-state index in [1.165, 1.54) is 23.5 Å². The maximum Gasteiger partial charge on any atom is 0.123 e. The molecule has 0 aliphatic carbocycles. The third kappa shape index (κ3) is 3.49. The number of nitrogens with one attached hydrogen (secondary N) is 1.